The number of carbonyl (C=O) groups excluding carboxylic acids is 1. The predicted molar refractivity (Wildman–Crippen MR) is 117 cm³/mol. The number of hydrogen-bond acceptors (Lipinski definition) is 3. The van der Waals surface area contributed by atoms with E-state index in [2.05, 4.69) is 10.4 Å². The zero-order chi connectivity index (χ0) is 23.6. The Labute approximate surface area is 195 Å². The summed E-state index contributed by atoms with van der Waals surface area (Å²) in [6.07, 6.45) is -3.43. The average Bonchev–Trinajstić information content (AvgIpc) is 3.00. The molecule has 1 N–H and O–H groups in total. The van der Waals surface area contributed by atoms with Crippen LogP contribution in [0.4, 0.5) is 18.9 Å². The smallest absolute Gasteiger partial charge is 0.320 e. The van der Waals surface area contributed by atoms with Gasteiger partial charge in [-0.1, -0.05) is 40.9 Å². The summed E-state index contributed by atoms with van der Waals surface area (Å²) in [5.74, 6) is -0.959. The Morgan fingerprint density at radius 3 is 2.53 bits per heavy atom. The van der Waals surface area contributed by atoms with Gasteiger partial charge < -0.3 is 5.32 Å². The second kappa shape index (κ2) is 9.25. The molecule has 1 aromatic heterocycles. The van der Waals surface area contributed by atoms with Crippen LogP contribution in [0.5, 0.6) is 0 Å². The zero-order valence-electron chi connectivity index (χ0n) is 16.1. The molecule has 1 heterocycles. The highest BCUT2D eigenvalue weighted by Crippen LogP contribution is 2.34. The van der Waals surface area contributed by atoms with Crippen molar-refractivity contribution in [2.45, 2.75) is 13.1 Å². The van der Waals surface area contributed by atoms with E-state index in [1.807, 2.05) is 0 Å². The van der Waals surface area contributed by atoms with Crippen molar-refractivity contribution >= 4 is 52.5 Å². The van der Waals surface area contributed by atoms with Gasteiger partial charge in [-0.25, -0.2) is 4.68 Å². The maximum atomic E-state index is 13.0. The van der Waals surface area contributed by atoms with E-state index in [0.29, 0.717) is 22.5 Å². The monoisotopic (exact) mass is 498 g/mol. The second-order valence-corrected chi connectivity index (χ2v) is 7.70. The number of nitriles is 1. The first-order valence-electron chi connectivity index (χ1n) is 8.82. The molecule has 11 heteroatoms. The van der Waals surface area contributed by atoms with E-state index in [4.69, 9.17) is 34.8 Å². The first-order chi connectivity index (χ1) is 15.0. The molecular weight excluding hydrogens is 488 g/mol. The van der Waals surface area contributed by atoms with Crippen molar-refractivity contribution < 1.29 is 18.0 Å². The van der Waals surface area contributed by atoms with Gasteiger partial charge in [-0.05, 0) is 49.4 Å². The minimum atomic E-state index is -4.63. The zero-order valence-corrected chi connectivity index (χ0v) is 18.4. The summed E-state index contributed by atoms with van der Waals surface area (Å²) in [5, 5.41) is 16.4. The first kappa shape index (κ1) is 23.7. The number of rotatable bonds is 4. The summed E-state index contributed by atoms with van der Waals surface area (Å²) in [5.41, 5.74) is -0.439. The minimum absolute atomic E-state index is 0.113. The normalized spacial score (nSPS) is 11.9. The van der Waals surface area contributed by atoms with E-state index < -0.39 is 23.2 Å². The molecule has 0 atom stereocenters. The highest BCUT2D eigenvalue weighted by atomic mass is 35.5. The average molecular weight is 500 g/mol. The van der Waals surface area contributed by atoms with Gasteiger partial charge in [0.05, 0.1) is 27.7 Å². The Kier molecular flexibility index (Phi) is 6.84. The fraction of sp³-hybridized carbons (Fsp3) is 0.0952. The molecule has 2 aromatic carbocycles. The largest absolute Gasteiger partial charge is 0.416 e. The topological polar surface area (TPSA) is 70.7 Å². The van der Waals surface area contributed by atoms with Crippen LogP contribution in [-0.4, -0.2) is 15.7 Å². The lowest BCUT2D eigenvalue weighted by Gasteiger charge is -2.11. The van der Waals surface area contributed by atoms with Crippen molar-refractivity contribution in [3.63, 3.8) is 0 Å². The summed E-state index contributed by atoms with van der Waals surface area (Å²) in [6.45, 7) is 1.62. The van der Waals surface area contributed by atoms with Crippen LogP contribution in [-0.2, 0) is 11.0 Å². The van der Waals surface area contributed by atoms with Crippen molar-refractivity contribution in [3.8, 4) is 11.8 Å². The minimum Gasteiger partial charge on any atom is -0.320 e. The molecule has 32 heavy (non-hydrogen) atoms. The highest BCUT2D eigenvalue weighted by Gasteiger charge is 2.31. The van der Waals surface area contributed by atoms with E-state index in [9.17, 15) is 23.2 Å². The Bertz CT molecular complexity index is 1280. The molecule has 5 nitrogen and oxygen atoms in total. The maximum absolute atomic E-state index is 13.0. The highest BCUT2D eigenvalue weighted by molar-refractivity contribution is 6.34. The molecule has 0 saturated carbocycles. The SMILES string of the molecule is Cc1nn(-c2cccc(Cl)c2)c(Cl)c1/C=C(\C#N)C(=O)Nc1cc(C(F)(F)F)ccc1Cl. The van der Waals surface area contributed by atoms with Crippen LogP contribution in [0.25, 0.3) is 11.8 Å². The van der Waals surface area contributed by atoms with Gasteiger partial charge in [-0.15, -0.1) is 0 Å². The number of alkyl halides is 3. The maximum Gasteiger partial charge on any atom is 0.416 e. The molecule has 0 spiro atoms. The Morgan fingerprint density at radius 2 is 1.91 bits per heavy atom. The molecule has 0 unspecified atom stereocenters. The van der Waals surface area contributed by atoms with Gasteiger partial charge in [-0.2, -0.15) is 23.5 Å². The number of halogens is 6. The van der Waals surface area contributed by atoms with E-state index in [1.165, 1.54) is 10.8 Å². The number of benzene rings is 2. The van der Waals surface area contributed by atoms with Crippen LogP contribution in [0.15, 0.2) is 48.0 Å². The summed E-state index contributed by atoms with van der Waals surface area (Å²) in [6, 6.07) is 10.9. The molecule has 3 rings (SSSR count). The number of carbonyl (C=O) groups is 1. The molecule has 0 saturated heterocycles. The third-order valence-corrected chi connectivity index (χ3v) is 5.22. The fourth-order valence-electron chi connectivity index (χ4n) is 2.73. The van der Waals surface area contributed by atoms with Crippen LogP contribution in [0, 0.1) is 18.3 Å². The van der Waals surface area contributed by atoms with Crippen molar-refractivity contribution in [3.05, 3.63) is 80.1 Å². The molecule has 0 aliphatic carbocycles. The number of nitrogens with one attached hydrogen (secondary N) is 1. The number of nitrogens with zero attached hydrogens (tertiary/aromatic N) is 3. The Balaban J connectivity index is 1.95. The number of hydrogen-bond donors (Lipinski definition) is 1. The number of anilines is 1. The fourth-order valence-corrected chi connectivity index (χ4v) is 3.41. The van der Waals surface area contributed by atoms with Crippen LogP contribution in [0.3, 0.4) is 0 Å². The van der Waals surface area contributed by atoms with Gasteiger partial charge in [0.2, 0.25) is 0 Å². The van der Waals surface area contributed by atoms with Crippen molar-refractivity contribution in [2.75, 3.05) is 5.32 Å². The van der Waals surface area contributed by atoms with E-state index >= 15 is 0 Å². The molecular formula is C21H12Cl3F3N4O. The van der Waals surface area contributed by atoms with E-state index in [-0.39, 0.29) is 21.4 Å². The standard InChI is InChI=1S/C21H12Cl3F3N4O/c1-11-16(19(24)31(30-11)15-4-2-3-14(22)9-15)7-12(10-28)20(32)29-18-8-13(21(25,26)27)5-6-17(18)23/h2-9H,1H3,(H,29,32)/b12-7+. The lowest BCUT2D eigenvalue weighted by atomic mass is 10.1. The van der Waals surface area contributed by atoms with E-state index in [0.717, 1.165) is 12.1 Å². The molecule has 0 fully saturated rings. The number of aromatic nitrogens is 2. The van der Waals surface area contributed by atoms with Gasteiger partial charge in [0.25, 0.3) is 5.91 Å². The van der Waals surface area contributed by atoms with Crippen LogP contribution in [0.2, 0.25) is 15.2 Å². The van der Waals surface area contributed by atoms with Gasteiger partial charge in [-0.3, -0.25) is 4.79 Å². The van der Waals surface area contributed by atoms with E-state index in [1.54, 1.807) is 37.3 Å². The summed E-state index contributed by atoms with van der Waals surface area (Å²) < 4.78 is 40.2. The molecule has 164 valence electrons. The summed E-state index contributed by atoms with van der Waals surface area (Å²) >= 11 is 18.3. The third-order valence-electron chi connectivity index (χ3n) is 4.30. The number of amides is 1. The predicted octanol–water partition coefficient (Wildman–Crippen LogP) is 6.71. The Hall–Kier alpha value is -2.99. The summed E-state index contributed by atoms with van der Waals surface area (Å²) in [7, 11) is 0. The molecule has 0 aliphatic rings. The lowest BCUT2D eigenvalue weighted by Crippen LogP contribution is -2.15. The first-order valence-corrected chi connectivity index (χ1v) is 9.95. The molecule has 1 amide bonds. The summed E-state index contributed by atoms with van der Waals surface area (Å²) in [4.78, 5) is 12.6. The van der Waals surface area contributed by atoms with Crippen molar-refractivity contribution in [1.82, 2.24) is 9.78 Å². The molecule has 0 bridgehead atoms. The molecule has 0 radical (unpaired) electrons. The third kappa shape index (κ3) is 5.07. The number of aryl methyl sites for hydroxylation is 1. The van der Waals surface area contributed by atoms with Crippen molar-refractivity contribution in [2.24, 2.45) is 0 Å². The van der Waals surface area contributed by atoms with Crippen molar-refractivity contribution in [1.29, 1.82) is 5.26 Å². The lowest BCUT2D eigenvalue weighted by molar-refractivity contribution is -0.137. The Morgan fingerprint density at radius 1 is 1.19 bits per heavy atom. The molecule has 0 aliphatic heterocycles. The van der Waals surface area contributed by atoms with Crippen LogP contribution in [0.1, 0.15) is 16.8 Å². The van der Waals surface area contributed by atoms with Crippen LogP contribution >= 0.6 is 34.8 Å². The van der Waals surface area contributed by atoms with Gasteiger partial charge in [0.15, 0.2) is 0 Å². The second-order valence-electron chi connectivity index (χ2n) is 6.50. The quantitative estimate of drug-likeness (QED) is 0.320. The van der Waals surface area contributed by atoms with Gasteiger partial charge in [0.1, 0.15) is 16.8 Å². The van der Waals surface area contributed by atoms with Crippen LogP contribution < -0.4 is 5.32 Å². The van der Waals surface area contributed by atoms with Gasteiger partial charge in [0, 0.05) is 10.6 Å². The molecule has 3 aromatic rings. The van der Waals surface area contributed by atoms with Gasteiger partial charge >= 0.3 is 6.18 Å².